The van der Waals surface area contributed by atoms with Crippen LogP contribution < -0.4 is 5.73 Å². The summed E-state index contributed by atoms with van der Waals surface area (Å²) in [5, 5.41) is 12.4. The van der Waals surface area contributed by atoms with E-state index in [-0.39, 0.29) is 0 Å². The summed E-state index contributed by atoms with van der Waals surface area (Å²) in [5.41, 5.74) is 11.0. The number of hydrogen-bond acceptors (Lipinski definition) is 4. The van der Waals surface area contributed by atoms with E-state index in [0.717, 1.165) is 27.4 Å². The minimum absolute atomic E-state index is 0.548. The lowest BCUT2D eigenvalue weighted by molar-refractivity contribution is 0.886. The highest BCUT2D eigenvalue weighted by molar-refractivity contribution is 7.80. The average Bonchev–Trinajstić information content (AvgIpc) is 3.04. The fraction of sp³-hybridized carbons (Fsp3) is 0.111. The molecule has 0 unspecified atom stereocenters. The molecule has 0 bridgehead atoms. The van der Waals surface area contributed by atoms with Gasteiger partial charge in [0, 0.05) is 27.4 Å². The molecule has 1 heterocycles. The second kappa shape index (κ2) is 6.30. The summed E-state index contributed by atoms with van der Waals surface area (Å²) in [6.45, 7) is 1.95. The number of nitrogens with two attached hydrogens (primary N) is 1. The first-order valence-electron chi connectivity index (χ1n) is 7.41. The van der Waals surface area contributed by atoms with E-state index >= 15 is 0 Å². The summed E-state index contributed by atoms with van der Waals surface area (Å²) >= 11 is 4.31. The first kappa shape index (κ1) is 15.4. The fourth-order valence-corrected chi connectivity index (χ4v) is 2.66. The van der Waals surface area contributed by atoms with Crippen molar-refractivity contribution in [2.45, 2.75) is 18.2 Å². The molecule has 3 rings (SSSR count). The van der Waals surface area contributed by atoms with Crippen LogP contribution in [0.3, 0.4) is 0 Å². The van der Waals surface area contributed by atoms with Crippen LogP contribution in [-0.2, 0) is 0 Å². The normalized spacial score (nSPS) is 10.7. The van der Waals surface area contributed by atoms with E-state index in [1.165, 1.54) is 0 Å². The van der Waals surface area contributed by atoms with Gasteiger partial charge in [-0.05, 0) is 42.8 Å². The standard InChI is InChI=1S/C18H18N4S/c1-2-16(19)15-8-3-12(11-17(15)20)18-9-10-21-22(18)13-4-6-14(23)7-5-13/h3-11,19,23H,2,20H2,1H3. The molecule has 0 spiro atoms. The molecule has 1 aromatic heterocycles. The summed E-state index contributed by atoms with van der Waals surface area (Å²) in [4.78, 5) is 0.911. The van der Waals surface area contributed by atoms with Crippen molar-refractivity contribution in [3.05, 3.63) is 60.3 Å². The van der Waals surface area contributed by atoms with Gasteiger partial charge < -0.3 is 11.1 Å². The number of aromatic nitrogens is 2. The molecule has 0 aliphatic heterocycles. The van der Waals surface area contributed by atoms with Gasteiger partial charge in [0.05, 0.1) is 17.6 Å². The third-order valence-corrected chi connectivity index (χ3v) is 4.06. The number of anilines is 1. The van der Waals surface area contributed by atoms with Gasteiger partial charge in [-0.15, -0.1) is 12.6 Å². The Labute approximate surface area is 140 Å². The molecule has 23 heavy (non-hydrogen) atoms. The van der Waals surface area contributed by atoms with Gasteiger partial charge in [0.2, 0.25) is 0 Å². The van der Waals surface area contributed by atoms with Crippen molar-refractivity contribution >= 4 is 24.0 Å². The molecule has 0 aliphatic rings. The predicted octanol–water partition coefficient (Wildman–Crippen LogP) is 4.19. The van der Waals surface area contributed by atoms with Gasteiger partial charge >= 0.3 is 0 Å². The quantitative estimate of drug-likeness (QED) is 0.383. The SMILES string of the molecule is CCC(=N)c1ccc(-c2ccnn2-c2ccc(S)cc2)cc1N. The molecule has 0 fully saturated rings. The third kappa shape index (κ3) is 3.00. The lowest BCUT2D eigenvalue weighted by Crippen LogP contribution is -2.03. The van der Waals surface area contributed by atoms with Crippen LogP contribution in [0, 0.1) is 5.41 Å². The maximum atomic E-state index is 7.96. The summed E-state index contributed by atoms with van der Waals surface area (Å²) < 4.78 is 1.87. The Kier molecular flexibility index (Phi) is 4.21. The van der Waals surface area contributed by atoms with Crippen LogP contribution in [0.1, 0.15) is 18.9 Å². The van der Waals surface area contributed by atoms with E-state index in [1.54, 1.807) is 6.20 Å². The molecule has 5 heteroatoms. The molecule has 0 radical (unpaired) electrons. The van der Waals surface area contributed by atoms with Crippen molar-refractivity contribution in [3.63, 3.8) is 0 Å². The van der Waals surface area contributed by atoms with Crippen molar-refractivity contribution in [1.29, 1.82) is 5.41 Å². The fourth-order valence-electron chi connectivity index (χ4n) is 2.51. The molecule has 0 atom stereocenters. The Morgan fingerprint density at radius 3 is 2.57 bits per heavy atom. The Morgan fingerprint density at radius 1 is 1.17 bits per heavy atom. The molecule has 4 nitrogen and oxygen atoms in total. The van der Waals surface area contributed by atoms with Gasteiger partial charge in [0.1, 0.15) is 0 Å². The Balaban J connectivity index is 2.04. The van der Waals surface area contributed by atoms with Crippen LogP contribution in [0.4, 0.5) is 5.69 Å². The van der Waals surface area contributed by atoms with Crippen molar-refractivity contribution < 1.29 is 0 Å². The molecule has 0 saturated heterocycles. The van der Waals surface area contributed by atoms with E-state index in [9.17, 15) is 0 Å². The van der Waals surface area contributed by atoms with Crippen LogP contribution in [0.25, 0.3) is 16.9 Å². The zero-order chi connectivity index (χ0) is 16.4. The number of thiol groups is 1. The van der Waals surface area contributed by atoms with Gasteiger partial charge in [-0.3, -0.25) is 0 Å². The summed E-state index contributed by atoms with van der Waals surface area (Å²) in [6, 6.07) is 15.6. The third-order valence-electron chi connectivity index (χ3n) is 3.76. The smallest absolute Gasteiger partial charge is 0.0741 e. The zero-order valence-corrected chi connectivity index (χ0v) is 13.7. The first-order chi connectivity index (χ1) is 11.1. The minimum Gasteiger partial charge on any atom is -0.398 e. The summed E-state index contributed by atoms with van der Waals surface area (Å²) in [5.74, 6) is 0. The minimum atomic E-state index is 0.548. The Bertz CT molecular complexity index is 850. The maximum Gasteiger partial charge on any atom is 0.0741 e. The van der Waals surface area contributed by atoms with Crippen molar-refractivity contribution in [2.24, 2.45) is 0 Å². The molecule has 3 aromatic rings. The van der Waals surface area contributed by atoms with Crippen molar-refractivity contribution in [2.75, 3.05) is 5.73 Å². The van der Waals surface area contributed by atoms with E-state index in [2.05, 4.69) is 17.7 Å². The Hall–Kier alpha value is -2.53. The van der Waals surface area contributed by atoms with Gasteiger partial charge in [-0.25, -0.2) is 4.68 Å². The van der Waals surface area contributed by atoms with Gasteiger partial charge in [-0.2, -0.15) is 5.10 Å². The lowest BCUT2D eigenvalue weighted by Gasteiger charge is -2.11. The van der Waals surface area contributed by atoms with Crippen LogP contribution in [-0.4, -0.2) is 15.5 Å². The highest BCUT2D eigenvalue weighted by atomic mass is 32.1. The average molecular weight is 322 g/mol. The van der Waals surface area contributed by atoms with Crippen molar-refractivity contribution in [3.8, 4) is 16.9 Å². The van der Waals surface area contributed by atoms with Gasteiger partial charge in [-0.1, -0.05) is 19.1 Å². The maximum absolute atomic E-state index is 7.96. The number of nitrogen functional groups attached to an aromatic ring is 1. The van der Waals surface area contributed by atoms with E-state index in [4.69, 9.17) is 11.1 Å². The zero-order valence-electron chi connectivity index (χ0n) is 12.8. The van der Waals surface area contributed by atoms with Crippen LogP contribution in [0.2, 0.25) is 0 Å². The van der Waals surface area contributed by atoms with Crippen LogP contribution in [0.5, 0.6) is 0 Å². The highest BCUT2D eigenvalue weighted by Crippen LogP contribution is 2.27. The summed E-state index contributed by atoms with van der Waals surface area (Å²) in [7, 11) is 0. The topological polar surface area (TPSA) is 67.7 Å². The molecular formula is C18H18N4S. The predicted molar refractivity (Wildman–Crippen MR) is 97.8 cm³/mol. The van der Waals surface area contributed by atoms with Crippen LogP contribution >= 0.6 is 12.6 Å². The molecule has 0 aliphatic carbocycles. The number of nitrogens with zero attached hydrogens (tertiary/aromatic N) is 2. The van der Waals surface area contributed by atoms with E-state index in [1.807, 2.05) is 60.1 Å². The highest BCUT2D eigenvalue weighted by Gasteiger charge is 2.10. The van der Waals surface area contributed by atoms with Gasteiger partial charge in [0.25, 0.3) is 0 Å². The molecule has 0 amide bonds. The molecule has 3 N–H and O–H groups in total. The molecule has 2 aromatic carbocycles. The molecule has 116 valence electrons. The second-order valence-corrected chi connectivity index (χ2v) is 5.80. The lowest BCUT2D eigenvalue weighted by atomic mass is 10.0. The number of rotatable bonds is 4. The molecular weight excluding hydrogens is 304 g/mol. The first-order valence-corrected chi connectivity index (χ1v) is 7.86. The largest absolute Gasteiger partial charge is 0.398 e. The second-order valence-electron chi connectivity index (χ2n) is 5.28. The molecule has 0 saturated carbocycles. The van der Waals surface area contributed by atoms with Crippen molar-refractivity contribution in [1.82, 2.24) is 9.78 Å². The Morgan fingerprint density at radius 2 is 1.91 bits per heavy atom. The summed E-state index contributed by atoms with van der Waals surface area (Å²) in [6.07, 6.45) is 2.43. The van der Waals surface area contributed by atoms with E-state index in [0.29, 0.717) is 17.8 Å². The number of hydrogen-bond donors (Lipinski definition) is 3. The number of nitrogens with one attached hydrogen (secondary N) is 1. The number of benzene rings is 2. The monoisotopic (exact) mass is 322 g/mol. The van der Waals surface area contributed by atoms with Gasteiger partial charge in [0.15, 0.2) is 0 Å². The van der Waals surface area contributed by atoms with Crippen LogP contribution in [0.15, 0.2) is 59.6 Å². The van der Waals surface area contributed by atoms with E-state index < -0.39 is 0 Å².